The van der Waals surface area contributed by atoms with Gasteiger partial charge in [-0.05, 0) is 30.7 Å². The van der Waals surface area contributed by atoms with Crippen LogP contribution in [0.4, 0.5) is 5.69 Å². The smallest absolute Gasteiger partial charge is 0.311 e. The first-order valence-electron chi connectivity index (χ1n) is 5.79. The molecule has 0 spiro atoms. The van der Waals surface area contributed by atoms with E-state index >= 15 is 0 Å². The Kier molecular flexibility index (Phi) is 4.62. The highest BCUT2D eigenvalue weighted by Crippen LogP contribution is 2.36. The van der Waals surface area contributed by atoms with Crippen molar-refractivity contribution in [2.24, 2.45) is 0 Å². The van der Waals surface area contributed by atoms with E-state index in [1.165, 1.54) is 6.07 Å². The molecule has 0 saturated heterocycles. The van der Waals surface area contributed by atoms with Crippen LogP contribution in [0.2, 0.25) is 5.02 Å². The summed E-state index contributed by atoms with van der Waals surface area (Å²) in [4.78, 5) is 10.6. The molecule has 0 aliphatic heterocycles. The summed E-state index contributed by atoms with van der Waals surface area (Å²) in [5.41, 5.74) is 1.56. The van der Waals surface area contributed by atoms with Crippen molar-refractivity contribution >= 4 is 33.2 Å². The fourth-order valence-corrected chi connectivity index (χ4v) is 2.71. The lowest BCUT2D eigenvalue weighted by Gasteiger charge is -2.11. The molecule has 0 heterocycles. The minimum Gasteiger partial charge on any atom is -0.450 e. The summed E-state index contributed by atoms with van der Waals surface area (Å²) in [5.74, 6) is 0.711. The normalized spacial score (nSPS) is 10.3. The van der Waals surface area contributed by atoms with Gasteiger partial charge in [-0.15, -0.1) is 0 Å². The van der Waals surface area contributed by atoms with Crippen molar-refractivity contribution in [3.8, 4) is 11.5 Å². The molecule has 0 radical (unpaired) electrons. The molecular formula is C14H11BrClNO3. The van der Waals surface area contributed by atoms with Crippen molar-refractivity contribution in [2.45, 2.75) is 12.3 Å². The van der Waals surface area contributed by atoms with Gasteiger partial charge in [0.1, 0.15) is 5.75 Å². The lowest BCUT2D eigenvalue weighted by molar-refractivity contribution is -0.385. The molecule has 20 heavy (non-hydrogen) atoms. The zero-order valence-corrected chi connectivity index (χ0v) is 12.9. The van der Waals surface area contributed by atoms with E-state index in [0.717, 1.165) is 11.1 Å². The summed E-state index contributed by atoms with van der Waals surface area (Å²) in [6.07, 6.45) is 0. The highest BCUT2D eigenvalue weighted by molar-refractivity contribution is 9.08. The zero-order valence-electron chi connectivity index (χ0n) is 10.6. The van der Waals surface area contributed by atoms with Gasteiger partial charge in [-0.3, -0.25) is 10.1 Å². The summed E-state index contributed by atoms with van der Waals surface area (Å²) in [6.45, 7) is 1.85. The number of rotatable bonds is 4. The summed E-state index contributed by atoms with van der Waals surface area (Å²) < 4.78 is 5.70. The predicted molar refractivity (Wildman–Crippen MR) is 82.0 cm³/mol. The van der Waals surface area contributed by atoms with E-state index in [9.17, 15) is 10.1 Å². The van der Waals surface area contributed by atoms with Crippen LogP contribution in [0, 0.1) is 17.0 Å². The lowest BCUT2D eigenvalue weighted by atomic mass is 10.2. The van der Waals surface area contributed by atoms with E-state index in [1.807, 2.05) is 6.92 Å². The fraction of sp³-hybridized carbons (Fsp3) is 0.143. The molecule has 104 valence electrons. The molecule has 0 N–H and O–H groups in total. The number of nitro groups is 1. The zero-order chi connectivity index (χ0) is 14.7. The van der Waals surface area contributed by atoms with Crippen molar-refractivity contribution in [1.29, 1.82) is 0 Å². The maximum Gasteiger partial charge on any atom is 0.311 e. The first-order valence-corrected chi connectivity index (χ1v) is 7.29. The Hall–Kier alpha value is -1.59. The fourth-order valence-electron chi connectivity index (χ4n) is 1.74. The van der Waals surface area contributed by atoms with Crippen LogP contribution >= 0.6 is 27.5 Å². The maximum atomic E-state index is 11.0. The Morgan fingerprint density at radius 2 is 2.05 bits per heavy atom. The monoisotopic (exact) mass is 355 g/mol. The number of aryl methyl sites for hydroxylation is 1. The molecule has 0 bridgehead atoms. The number of hydrogen-bond donors (Lipinski definition) is 0. The molecule has 0 saturated carbocycles. The van der Waals surface area contributed by atoms with Gasteiger partial charge in [0.05, 0.1) is 4.92 Å². The van der Waals surface area contributed by atoms with Gasteiger partial charge < -0.3 is 4.74 Å². The van der Waals surface area contributed by atoms with E-state index in [-0.39, 0.29) is 11.4 Å². The second-order valence-corrected chi connectivity index (χ2v) is 5.15. The van der Waals surface area contributed by atoms with E-state index in [1.54, 1.807) is 30.3 Å². The van der Waals surface area contributed by atoms with E-state index < -0.39 is 4.92 Å². The predicted octanol–water partition coefficient (Wildman–Crippen LogP) is 5.24. The molecular weight excluding hydrogens is 346 g/mol. The van der Waals surface area contributed by atoms with Crippen LogP contribution in [0.5, 0.6) is 11.5 Å². The second kappa shape index (κ2) is 6.24. The molecule has 2 aromatic rings. The number of benzene rings is 2. The minimum absolute atomic E-state index is 0.0731. The number of halogens is 2. The quantitative estimate of drug-likeness (QED) is 0.427. The Bertz CT molecular complexity index is 661. The van der Waals surface area contributed by atoms with Crippen molar-refractivity contribution in [2.75, 3.05) is 0 Å². The highest BCUT2D eigenvalue weighted by Gasteiger charge is 2.17. The Morgan fingerprint density at radius 3 is 2.70 bits per heavy atom. The minimum atomic E-state index is -0.465. The van der Waals surface area contributed by atoms with Crippen molar-refractivity contribution < 1.29 is 9.66 Å². The van der Waals surface area contributed by atoms with E-state index in [2.05, 4.69) is 15.9 Å². The SMILES string of the molecule is Cc1ccc([N+](=O)[O-])c(Oc2cccc(Cl)c2CBr)c1. The van der Waals surface area contributed by atoms with Crippen LogP contribution < -0.4 is 4.74 Å². The third-order valence-corrected chi connectivity index (χ3v) is 3.66. The molecule has 6 heteroatoms. The Labute approximate surface area is 129 Å². The van der Waals surface area contributed by atoms with Gasteiger partial charge in [0.25, 0.3) is 0 Å². The summed E-state index contributed by atoms with van der Waals surface area (Å²) >= 11 is 9.42. The van der Waals surface area contributed by atoms with Gasteiger partial charge in [0.15, 0.2) is 0 Å². The van der Waals surface area contributed by atoms with Crippen LogP contribution in [0.25, 0.3) is 0 Å². The van der Waals surface area contributed by atoms with Crippen LogP contribution in [-0.4, -0.2) is 4.92 Å². The van der Waals surface area contributed by atoms with Crippen LogP contribution in [0.15, 0.2) is 36.4 Å². The number of alkyl halides is 1. The maximum absolute atomic E-state index is 11.0. The molecule has 0 aromatic heterocycles. The molecule has 2 aromatic carbocycles. The second-order valence-electron chi connectivity index (χ2n) is 4.18. The standard InChI is InChI=1S/C14H11BrClNO3/c1-9-5-6-12(17(18)19)14(7-9)20-13-4-2-3-11(16)10(13)8-15/h2-7H,8H2,1H3. The van der Waals surface area contributed by atoms with Gasteiger partial charge >= 0.3 is 5.69 Å². The molecule has 2 rings (SSSR count). The van der Waals surface area contributed by atoms with Gasteiger partial charge in [-0.25, -0.2) is 0 Å². The van der Waals surface area contributed by atoms with E-state index in [0.29, 0.717) is 16.1 Å². The van der Waals surface area contributed by atoms with Crippen molar-refractivity contribution in [1.82, 2.24) is 0 Å². The third kappa shape index (κ3) is 3.11. The first kappa shape index (κ1) is 14.8. The summed E-state index contributed by atoms with van der Waals surface area (Å²) in [6, 6.07) is 9.96. The average molecular weight is 357 g/mol. The topological polar surface area (TPSA) is 52.4 Å². The molecule has 0 aliphatic rings. The summed E-state index contributed by atoms with van der Waals surface area (Å²) in [5, 5.41) is 12.1. The molecule has 0 fully saturated rings. The number of ether oxygens (including phenoxy) is 1. The van der Waals surface area contributed by atoms with Gasteiger partial charge in [-0.1, -0.05) is 39.7 Å². The Balaban J connectivity index is 2.47. The number of hydrogen-bond acceptors (Lipinski definition) is 3. The van der Waals surface area contributed by atoms with Crippen LogP contribution in [0.1, 0.15) is 11.1 Å². The lowest BCUT2D eigenvalue weighted by Crippen LogP contribution is -1.96. The van der Waals surface area contributed by atoms with Crippen LogP contribution in [-0.2, 0) is 5.33 Å². The van der Waals surface area contributed by atoms with Crippen molar-refractivity contribution in [3.05, 3.63) is 62.7 Å². The number of nitrogens with zero attached hydrogens (tertiary/aromatic N) is 1. The molecule has 4 nitrogen and oxygen atoms in total. The number of nitro benzene ring substituents is 1. The third-order valence-electron chi connectivity index (χ3n) is 2.74. The Morgan fingerprint density at radius 1 is 1.30 bits per heavy atom. The highest BCUT2D eigenvalue weighted by atomic mass is 79.9. The molecule has 0 atom stereocenters. The van der Waals surface area contributed by atoms with Gasteiger partial charge in [-0.2, -0.15) is 0 Å². The van der Waals surface area contributed by atoms with Crippen molar-refractivity contribution in [3.63, 3.8) is 0 Å². The molecule has 0 aliphatic carbocycles. The molecule has 0 unspecified atom stereocenters. The van der Waals surface area contributed by atoms with Gasteiger partial charge in [0, 0.05) is 22.0 Å². The largest absolute Gasteiger partial charge is 0.450 e. The van der Waals surface area contributed by atoms with E-state index in [4.69, 9.17) is 16.3 Å². The molecule has 0 amide bonds. The van der Waals surface area contributed by atoms with Gasteiger partial charge in [0.2, 0.25) is 5.75 Å². The summed E-state index contributed by atoms with van der Waals surface area (Å²) in [7, 11) is 0. The van der Waals surface area contributed by atoms with Crippen LogP contribution in [0.3, 0.4) is 0 Å². The average Bonchev–Trinajstić information content (AvgIpc) is 2.38. The first-order chi connectivity index (χ1) is 9.52.